The molecule has 0 radical (unpaired) electrons. The van der Waals surface area contributed by atoms with Crippen LogP contribution in [0.2, 0.25) is 0 Å². The second-order valence-electron chi connectivity index (χ2n) is 6.63. The van der Waals surface area contributed by atoms with Gasteiger partial charge in [0, 0.05) is 0 Å². The summed E-state index contributed by atoms with van der Waals surface area (Å²) in [6.45, 7) is 1.65. The summed E-state index contributed by atoms with van der Waals surface area (Å²) in [5.74, 6) is 0. The van der Waals surface area contributed by atoms with Crippen LogP contribution in [0.5, 0.6) is 0 Å². The van der Waals surface area contributed by atoms with E-state index in [1.54, 1.807) is 4.68 Å². The fraction of sp³-hybridized carbons (Fsp3) is 0.389. The molecule has 0 aliphatic heterocycles. The highest BCUT2D eigenvalue weighted by Crippen LogP contribution is 2.17. The third kappa shape index (κ3) is 4.57. The highest BCUT2D eigenvalue weighted by molar-refractivity contribution is 5.75. The molecule has 0 amide bonds. The van der Waals surface area contributed by atoms with Gasteiger partial charge in [-0.15, -0.1) is 0 Å². The van der Waals surface area contributed by atoms with Gasteiger partial charge in [0.15, 0.2) is 5.65 Å². The molecule has 1 unspecified atom stereocenters. The molecule has 1 N–H and O–H groups in total. The Labute approximate surface area is 158 Å². The topological polar surface area (TPSA) is 82.2 Å². The molecule has 28 heavy (non-hydrogen) atoms. The van der Waals surface area contributed by atoms with E-state index in [1.165, 1.54) is 12.5 Å². The first-order valence-corrected chi connectivity index (χ1v) is 8.48. The molecule has 0 bridgehead atoms. The first-order chi connectivity index (χ1) is 13.1. The second-order valence-corrected chi connectivity index (χ2v) is 6.63. The monoisotopic (exact) mass is 396 g/mol. The van der Waals surface area contributed by atoms with Crippen LogP contribution in [0.1, 0.15) is 11.1 Å². The van der Waals surface area contributed by atoms with Crippen LogP contribution in [-0.2, 0) is 11.3 Å². The van der Waals surface area contributed by atoms with Crippen LogP contribution in [0.15, 0.2) is 35.5 Å². The minimum absolute atomic E-state index is 0.241. The predicted molar refractivity (Wildman–Crippen MR) is 95.5 cm³/mol. The zero-order chi connectivity index (χ0) is 20.5. The van der Waals surface area contributed by atoms with Gasteiger partial charge in [0.05, 0.1) is 31.1 Å². The summed E-state index contributed by atoms with van der Waals surface area (Å²) in [5, 5.41) is 14.3. The normalized spacial score (nSPS) is 13.2. The van der Waals surface area contributed by atoms with Crippen molar-refractivity contribution in [2.75, 3.05) is 13.2 Å². The molecule has 2 heterocycles. The fourth-order valence-electron chi connectivity index (χ4n) is 2.93. The van der Waals surface area contributed by atoms with Gasteiger partial charge in [-0.2, -0.15) is 18.3 Å². The van der Waals surface area contributed by atoms with E-state index in [0.29, 0.717) is 5.65 Å². The Morgan fingerprint density at radius 2 is 1.89 bits per heavy atom. The van der Waals surface area contributed by atoms with Crippen LogP contribution in [0.25, 0.3) is 16.7 Å². The molecular formula is C18H19F3N4O3. The molecule has 0 saturated carbocycles. The number of fused-ring (bicyclic) bond motifs is 1. The van der Waals surface area contributed by atoms with Crippen molar-refractivity contribution in [2.24, 2.45) is 0 Å². The summed E-state index contributed by atoms with van der Waals surface area (Å²) in [5.41, 5.74) is 2.74. The van der Waals surface area contributed by atoms with Crippen LogP contribution >= 0.6 is 0 Å². The number of aliphatic hydroxyl groups excluding tert-OH is 1. The number of rotatable bonds is 6. The van der Waals surface area contributed by atoms with E-state index in [-0.39, 0.29) is 11.9 Å². The Bertz CT molecular complexity index is 1020. The van der Waals surface area contributed by atoms with E-state index in [1.807, 2.05) is 32.0 Å². The molecule has 0 aliphatic carbocycles. The smallest absolute Gasteiger partial charge is 0.389 e. The Kier molecular flexibility index (Phi) is 5.52. The number of ether oxygens (including phenoxy) is 1. The lowest BCUT2D eigenvalue weighted by Gasteiger charge is -2.14. The number of alkyl halides is 3. The number of nitrogens with zero attached hydrogens (tertiary/aromatic N) is 4. The molecule has 2 aromatic heterocycles. The summed E-state index contributed by atoms with van der Waals surface area (Å²) in [6, 6.07) is 5.83. The van der Waals surface area contributed by atoms with E-state index >= 15 is 0 Å². The van der Waals surface area contributed by atoms with Crippen LogP contribution in [0.4, 0.5) is 13.2 Å². The van der Waals surface area contributed by atoms with Gasteiger partial charge < -0.3 is 9.84 Å². The summed E-state index contributed by atoms with van der Waals surface area (Å²) in [7, 11) is 0. The molecule has 1 aromatic carbocycles. The van der Waals surface area contributed by atoms with Gasteiger partial charge >= 0.3 is 6.18 Å². The molecular weight excluding hydrogens is 377 g/mol. The maximum atomic E-state index is 12.6. The Morgan fingerprint density at radius 1 is 1.21 bits per heavy atom. The van der Waals surface area contributed by atoms with Gasteiger partial charge in [-0.25, -0.2) is 9.67 Å². The lowest BCUT2D eigenvalue weighted by Crippen LogP contribution is -2.31. The third-order valence-electron chi connectivity index (χ3n) is 3.99. The number of aromatic nitrogens is 4. The van der Waals surface area contributed by atoms with Gasteiger partial charge in [-0.3, -0.25) is 9.36 Å². The molecule has 0 aliphatic rings. The summed E-state index contributed by atoms with van der Waals surface area (Å²) in [4.78, 5) is 16.9. The van der Waals surface area contributed by atoms with E-state index in [4.69, 9.17) is 0 Å². The van der Waals surface area contributed by atoms with E-state index in [0.717, 1.165) is 21.4 Å². The molecule has 150 valence electrons. The number of aryl methyl sites for hydroxylation is 2. The molecule has 0 saturated heterocycles. The van der Waals surface area contributed by atoms with Gasteiger partial charge in [-0.05, 0) is 37.1 Å². The van der Waals surface area contributed by atoms with E-state index < -0.39 is 31.1 Å². The third-order valence-corrected chi connectivity index (χ3v) is 3.99. The van der Waals surface area contributed by atoms with E-state index in [2.05, 4.69) is 14.8 Å². The lowest BCUT2D eigenvalue weighted by atomic mass is 10.1. The molecule has 0 spiro atoms. The number of benzene rings is 1. The van der Waals surface area contributed by atoms with Crippen LogP contribution in [0.3, 0.4) is 0 Å². The summed E-state index contributed by atoms with van der Waals surface area (Å²) >= 11 is 0. The highest BCUT2D eigenvalue weighted by Gasteiger charge is 2.27. The van der Waals surface area contributed by atoms with Gasteiger partial charge in [-0.1, -0.05) is 6.07 Å². The standard InChI is InChI=1S/C18H19F3N4O3/c1-11-3-12(2)5-13(4-11)25-16-15(6-23-25)17(27)24(10-22-16)7-14(26)8-28-9-18(19,20)21/h3-6,10,14,26H,7-9H2,1-2H3. The first kappa shape index (κ1) is 20.0. The maximum Gasteiger partial charge on any atom is 0.411 e. The van der Waals surface area contributed by atoms with Crippen molar-refractivity contribution in [3.8, 4) is 5.69 Å². The number of hydrogen-bond acceptors (Lipinski definition) is 5. The minimum atomic E-state index is -4.47. The zero-order valence-corrected chi connectivity index (χ0v) is 15.3. The summed E-state index contributed by atoms with van der Waals surface area (Å²) < 4.78 is 43.3. The van der Waals surface area contributed by atoms with Crippen molar-refractivity contribution in [2.45, 2.75) is 32.7 Å². The van der Waals surface area contributed by atoms with Gasteiger partial charge in [0.25, 0.3) is 5.56 Å². The number of halogens is 3. The Hall–Kier alpha value is -2.72. The predicted octanol–water partition coefficient (Wildman–Crippen LogP) is 2.14. The van der Waals surface area contributed by atoms with Crippen LogP contribution in [0, 0.1) is 13.8 Å². The lowest BCUT2D eigenvalue weighted by molar-refractivity contribution is -0.179. The molecule has 1 atom stereocenters. The number of hydrogen-bond donors (Lipinski definition) is 1. The fourth-order valence-corrected chi connectivity index (χ4v) is 2.93. The SMILES string of the molecule is Cc1cc(C)cc(-n2ncc3c(=O)n(CC(O)COCC(F)(F)F)cnc32)c1. The van der Waals surface area contributed by atoms with Crippen molar-refractivity contribution >= 4 is 11.0 Å². The summed E-state index contributed by atoms with van der Waals surface area (Å²) in [6.07, 6.45) is -3.14. The van der Waals surface area contributed by atoms with Crippen molar-refractivity contribution in [3.05, 3.63) is 52.2 Å². The minimum Gasteiger partial charge on any atom is -0.389 e. The van der Waals surface area contributed by atoms with Gasteiger partial charge in [0.1, 0.15) is 18.3 Å². The van der Waals surface area contributed by atoms with Crippen LogP contribution in [-0.4, -0.2) is 49.9 Å². The van der Waals surface area contributed by atoms with Crippen molar-refractivity contribution in [3.63, 3.8) is 0 Å². The molecule has 10 heteroatoms. The highest BCUT2D eigenvalue weighted by atomic mass is 19.4. The first-order valence-electron chi connectivity index (χ1n) is 8.48. The van der Waals surface area contributed by atoms with Gasteiger partial charge in [0.2, 0.25) is 0 Å². The molecule has 7 nitrogen and oxygen atoms in total. The van der Waals surface area contributed by atoms with E-state index in [9.17, 15) is 23.1 Å². The average molecular weight is 396 g/mol. The zero-order valence-electron chi connectivity index (χ0n) is 15.3. The molecule has 3 rings (SSSR count). The second kappa shape index (κ2) is 7.72. The number of aliphatic hydroxyl groups is 1. The van der Waals surface area contributed by atoms with Crippen molar-refractivity contribution < 1.29 is 23.0 Å². The van der Waals surface area contributed by atoms with Crippen LogP contribution < -0.4 is 5.56 Å². The largest absolute Gasteiger partial charge is 0.411 e. The Balaban J connectivity index is 1.82. The van der Waals surface area contributed by atoms with Crippen molar-refractivity contribution in [1.29, 1.82) is 0 Å². The van der Waals surface area contributed by atoms with Crippen molar-refractivity contribution in [1.82, 2.24) is 19.3 Å². The molecule has 3 aromatic rings. The maximum absolute atomic E-state index is 12.6. The Morgan fingerprint density at radius 3 is 2.54 bits per heavy atom. The quantitative estimate of drug-likeness (QED) is 0.690. The average Bonchev–Trinajstić information content (AvgIpc) is 3.00. The molecule has 0 fully saturated rings.